The van der Waals surface area contributed by atoms with E-state index in [0.717, 1.165) is 5.22 Å². The number of benzene rings is 1. The lowest BCUT2D eigenvalue weighted by molar-refractivity contribution is 0.0526. The van der Waals surface area contributed by atoms with Crippen LogP contribution in [0.2, 0.25) is 0 Å². The third kappa shape index (κ3) is 4.87. The van der Waals surface area contributed by atoms with Crippen molar-refractivity contribution in [3.63, 3.8) is 0 Å². The van der Waals surface area contributed by atoms with E-state index in [4.69, 9.17) is 4.74 Å². The Labute approximate surface area is 308 Å². The largest absolute Gasteiger partial charge is 0.462 e. The molecule has 3 aromatic heterocycles. The summed E-state index contributed by atoms with van der Waals surface area (Å²) in [4.78, 5) is 19.7. The first-order chi connectivity index (χ1) is 23.6. The average Bonchev–Trinajstić information content (AvgIpc) is 3.85. The van der Waals surface area contributed by atoms with Crippen LogP contribution in [0.1, 0.15) is 77.5 Å². The fourth-order valence-corrected chi connectivity index (χ4v) is 11.2. The fraction of sp³-hybridized carbons (Fsp3) is 0.311. The summed E-state index contributed by atoms with van der Waals surface area (Å²) in [6.07, 6.45) is 12.4. The van der Waals surface area contributed by atoms with Crippen molar-refractivity contribution in [1.29, 1.82) is 0 Å². The van der Waals surface area contributed by atoms with Gasteiger partial charge >= 0.3 is 5.97 Å². The quantitative estimate of drug-likeness (QED) is 0.193. The molecule has 0 saturated carbocycles. The normalized spacial score (nSPS) is 22.5. The van der Waals surface area contributed by atoms with Gasteiger partial charge in [0.15, 0.2) is 0 Å². The lowest BCUT2D eigenvalue weighted by atomic mass is 9.44. The van der Waals surface area contributed by atoms with Crippen LogP contribution in [0.25, 0.3) is 36.2 Å². The molecule has 0 amide bonds. The maximum Gasteiger partial charge on any atom is 0.338 e. The average molecular weight is 713 g/mol. The first kappa shape index (κ1) is 33.4. The summed E-state index contributed by atoms with van der Waals surface area (Å²) in [7, 11) is 0. The number of fused-ring (bicyclic) bond motifs is 1. The molecule has 0 unspecified atom stereocenters. The number of hydrogen-bond acceptors (Lipinski definition) is 5. The summed E-state index contributed by atoms with van der Waals surface area (Å²) in [6.45, 7) is 21.0. The second-order valence-electron chi connectivity index (χ2n) is 16.3. The third-order valence-corrected chi connectivity index (χ3v) is 14.8. The second-order valence-corrected chi connectivity index (χ2v) is 19.4. The molecule has 0 N–H and O–H groups in total. The van der Waals surface area contributed by atoms with Crippen LogP contribution in [0.4, 0.5) is 0 Å². The van der Waals surface area contributed by atoms with Gasteiger partial charge < -0.3 is 4.74 Å². The van der Waals surface area contributed by atoms with Crippen molar-refractivity contribution in [2.24, 2.45) is 21.7 Å². The number of allylic oxidation sites excluding steroid dienone is 10. The Kier molecular flexibility index (Phi) is 7.59. The summed E-state index contributed by atoms with van der Waals surface area (Å²) in [5, 5.41) is 4.49. The van der Waals surface area contributed by atoms with Crippen molar-refractivity contribution in [3.8, 4) is 19.5 Å². The van der Waals surface area contributed by atoms with Crippen LogP contribution in [0.5, 0.6) is 0 Å². The summed E-state index contributed by atoms with van der Waals surface area (Å²) in [5.74, 6) is -0.270. The molecule has 0 saturated heterocycles. The van der Waals surface area contributed by atoms with Crippen molar-refractivity contribution in [3.05, 3.63) is 134 Å². The lowest BCUT2D eigenvalue weighted by Gasteiger charge is -2.58. The Morgan fingerprint density at radius 1 is 0.680 bits per heavy atom. The van der Waals surface area contributed by atoms with E-state index < -0.39 is 0 Å². The number of esters is 1. The van der Waals surface area contributed by atoms with Gasteiger partial charge in [-0.1, -0.05) is 91.8 Å². The number of carbonyl (C=O) groups is 1. The lowest BCUT2D eigenvalue weighted by Crippen LogP contribution is -2.55. The summed E-state index contributed by atoms with van der Waals surface area (Å²) in [5.41, 5.74) is 9.06. The van der Waals surface area contributed by atoms with E-state index >= 15 is 0 Å². The van der Waals surface area contributed by atoms with Crippen LogP contribution >= 0.6 is 34.0 Å². The van der Waals surface area contributed by atoms with Gasteiger partial charge in [-0.05, 0) is 121 Å². The molecule has 3 heterocycles. The molecule has 8 rings (SSSR count). The minimum atomic E-state index is -0.351. The Morgan fingerprint density at radius 2 is 1.28 bits per heavy atom. The van der Waals surface area contributed by atoms with Crippen LogP contribution in [0, 0.1) is 21.7 Å². The van der Waals surface area contributed by atoms with Gasteiger partial charge in [0.2, 0.25) is 0 Å². The van der Waals surface area contributed by atoms with Gasteiger partial charge in [-0.25, -0.2) is 4.79 Å². The molecule has 0 radical (unpaired) electrons. The topological polar surface area (TPSA) is 26.3 Å². The zero-order valence-electron chi connectivity index (χ0n) is 30.4. The summed E-state index contributed by atoms with van der Waals surface area (Å²) in [6, 6.07) is 19.8. The zero-order valence-corrected chi connectivity index (χ0v) is 32.9. The molecular weight excluding hydrogens is 669 g/mol. The van der Waals surface area contributed by atoms with Gasteiger partial charge in [0.05, 0.1) is 12.2 Å². The first-order valence-electron chi connectivity index (χ1n) is 17.6. The van der Waals surface area contributed by atoms with E-state index in [1.165, 1.54) is 68.6 Å². The van der Waals surface area contributed by atoms with Gasteiger partial charge in [-0.3, -0.25) is 0 Å². The number of ether oxygens (including phenoxy) is 1. The highest BCUT2D eigenvalue weighted by molar-refractivity contribution is 7.26. The molecular formula is C45H44O2S3. The Balaban J connectivity index is 1.41. The van der Waals surface area contributed by atoms with Gasteiger partial charge in [-0.2, -0.15) is 0 Å². The van der Waals surface area contributed by atoms with Gasteiger partial charge in [0.1, 0.15) is 0 Å². The Morgan fingerprint density at radius 3 is 1.90 bits per heavy atom. The minimum Gasteiger partial charge on any atom is -0.462 e. The van der Waals surface area contributed by atoms with Crippen molar-refractivity contribution >= 4 is 56.7 Å². The molecule has 2 atom stereocenters. The van der Waals surface area contributed by atoms with Crippen LogP contribution in [0.15, 0.2) is 113 Å². The van der Waals surface area contributed by atoms with Crippen molar-refractivity contribution in [2.45, 2.75) is 62.3 Å². The van der Waals surface area contributed by atoms with Gasteiger partial charge in [0.25, 0.3) is 0 Å². The Hall–Kier alpha value is -3.77. The zero-order chi connectivity index (χ0) is 35.4. The molecule has 5 heteroatoms. The molecule has 0 bridgehead atoms. The molecule has 4 aromatic rings. The third-order valence-electron chi connectivity index (χ3n) is 11.3. The van der Waals surface area contributed by atoms with E-state index in [2.05, 4.69) is 140 Å². The number of carbonyl (C=O) groups excluding carboxylic acids is 1. The summed E-state index contributed by atoms with van der Waals surface area (Å²) < 4.78 is 5.50. The summed E-state index contributed by atoms with van der Waals surface area (Å²) >= 11 is 5.58. The molecule has 50 heavy (non-hydrogen) atoms. The highest BCUT2D eigenvalue weighted by Gasteiger charge is 2.59. The van der Waals surface area contributed by atoms with Crippen molar-refractivity contribution < 1.29 is 9.53 Å². The minimum absolute atomic E-state index is 0.0554. The molecule has 0 fully saturated rings. The monoisotopic (exact) mass is 712 g/mol. The highest BCUT2D eigenvalue weighted by atomic mass is 32.1. The molecule has 254 valence electrons. The van der Waals surface area contributed by atoms with E-state index in [-0.39, 0.29) is 27.6 Å². The molecule has 2 nitrogen and oxygen atoms in total. The highest BCUT2D eigenvalue weighted by Crippen LogP contribution is 2.69. The number of thiophene rings is 3. The molecule has 1 aromatic carbocycles. The van der Waals surface area contributed by atoms with Crippen LogP contribution in [0.3, 0.4) is 0 Å². The standard InChI is InChI=1S/C45H44O2S3/c1-10-47-41(46)26-13-14-30-31(20-26)34-23-27(42(2,3)4)21-29-22-32(35-25-28(43(5,6)7)24-33(30)45(35,9)44(29,34)8)36-15-16-39(49-36)40-18-17-38(50-40)37-12-11-19-48-37/h11-25H,10H2,1-9H3/t44-,45+/m0/s1. The maximum absolute atomic E-state index is 13.1. The van der Waals surface area contributed by atoms with Gasteiger partial charge in [-0.15, -0.1) is 34.0 Å². The van der Waals surface area contributed by atoms with Crippen LogP contribution < -0.4 is 10.4 Å². The first-order valence-corrected chi connectivity index (χ1v) is 20.1. The van der Waals surface area contributed by atoms with E-state index in [9.17, 15) is 4.79 Å². The number of hydrogen-bond donors (Lipinski definition) is 0. The molecule has 0 spiro atoms. The van der Waals surface area contributed by atoms with E-state index in [1.807, 2.05) is 35.7 Å². The van der Waals surface area contributed by atoms with Crippen molar-refractivity contribution in [1.82, 2.24) is 0 Å². The molecule has 4 aliphatic rings. The predicted molar refractivity (Wildman–Crippen MR) is 215 cm³/mol. The SMILES string of the molecule is CCOC(=O)c1ccc2c(c1)=C1C=C(C(C)(C)C)C=C3C=C(c4ccc(-c5ccc(-c6cccs6)s5)s4)C4=CC(C(C)(C)C)=CC=2[C@@]4(C)[C@@]31C. The molecule has 0 aliphatic heterocycles. The van der Waals surface area contributed by atoms with Crippen LogP contribution in [-0.2, 0) is 4.74 Å². The number of rotatable bonds is 5. The smallest absolute Gasteiger partial charge is 0.338 e. The van der Waals surface area contributed by atoms with E-state index in [0.29, 0.717) is 12.2 Å². The van der Waals surface area contributed by atoms with Crippen molar-refractivity contribution in [2.75, 3.05) is 6.61 Å². The fourth-order valence-electron chi connectivity index (χ4n) is 8.20. The maximum atomic E-state index is 13.1. The predicted octanol–water partition coefficient (Wildman–Crippen LogP) is 11.6. The van der Waals surface area contributed by atoms with Gasteiger partial charge in [0, 0.05) is 35.2 Å². The second kappa shape index (κ2) is 11.4. The Bertz CT molecular complexity index is 2380. The van der Waals surface area contributed by atoms with E-state index in [1.54, 1.807) is 11.3 Å². The molecule has 4 aliphatic carbocycles. The van der Waals surface area contributed by atoms with Crippen LogP contribution in [-0.4, -0.2) is 12.6 Å².